The van der Waals surface area contributed by atoms with Gasteiger partial charge in [-0.1, -0.05) is 42.0 Å². The number of aromatic nitrogens is 2. The lowest BCUT2D eigenvalue weighted by molar-refractivity contribution is 0.0935. The van der Waals surface area contributed by atoms with Crippen LogP contribution in [-0.4, -0.2) is 33.2 Å². The molecular weight excluding hydrogens is 366 g/mol. The minimum atomic E-state index is -0.0333. The fourth-order valence-corrected chi connectivity index (χ4v) is 4.74. The molecule has 0 bridgehead atoms. The molecule has 0 atom stereocenters. The van der Waals surface area contributed by atoms with Crippen molar-refractivity contribution in [3.63, 3.8) is 0 Å². The lowest BCUT2D eigenvalue weighted by Gasteiger charge is -2.22. The van der Waals surface area contributed by atoms with Gasteiger partial charge in [0.15, 0.2) is 0 Å². The van der Waals surface area contributed by atoms with Gasteiger partial charge < -0.3 is 5.32 Å². The molecule has 5 heteroatoms. The topological polar surface area (TPSA) is 46.9 Å². The minimum absolute atomic E-state index is 0.0333. The van der Waals surface area contributed by atoms with Crippen molar-refractivity contribution in [2.24, 2.45) is 0 Å². The van der Waals surface area contributed by atoms with Crippen molar-refractivity contribution in [2.45, 2.75) is 32.7 Å². The van der Waals surface area contributed by atoms with Crippen LogP contribution in [0, 0.1) is 13.8 Å². The molecule has 4 rings (SSSR count). The first-order valence-corrected chi connectivity index (χ1v) is 10.9. The van der Waals surface area contributed by atoms with Crippen LogP contribution >= 0.6 is 11.8 Å². The van der Waals surface area contributed by atoms with E-state index in [2.05, 4.69) is 37.4 Å². The standard InChI is InChI=1S/C23H25N3OS/c1-16-8-9-20(17(2)14-16)22-21(23(27)24-18-10-12-28-13-11-18)15-26(25-22)19-6-4-3-5-7-19/h3-9,14-15,18H,10-13H2,1-2H3,(H,24,27). The molecule has 1 aromatic heterocycles. The Morgan fingerprint density at radius 1 is 1.11 bits per heavy atom. The fraction of sp³-hybridized carbons (Fsp3) is 0.304. The second-order valence-electron chi connectivity index (χ2n) is 7.35. The molecule has 4 nitrogen and oxygen atoms in total. The molecule has 0 radical (unpaired) electrons. The summed E-state index contributed by atoms with van der Waals surface area (Å²) in [5.41, 5.74) is 5.65. The van der Waals surface area contributed by atoms with Gasteiger partial charge in [0, 0.05) is 17.8 Å². The lowest BCUT2D eigenvalue weighted by atomic mass is 10.00. The van der Waals surface area contributed by atoms with Crippen molar-refractivity contribution in [1.82, 2.24) is 15.1 Å². The lowest BCUT2D eigenvalue weighted by Crippen LogP contribution is -2.37. The van der Waals surface area contributed by atoms with Crippen LogP contribution in [0.25, 0.3) is 16.9 Å². The van der Waals surface area contributed by atoms with Crippen LogP contribution < -0.4 is 5.32 Å². The number of amides is 1. The van der Waals surface area contributed by atoms with Crippen LogP contribution in [0.1, 0.15) is 34.3 Å². The molecule has 28 heavy (non-hydrogen) atoms. The first-order chi connectivity index (χ1) is 13.6. The van der Waals surface area contributed by atoms with E-state index in [0.29, 0.717) is 5.56 Å². The maximum atomic E-state index is 13.2. The van der Waals surface area contributed by atoms with Gasteiger partial charge in [-0.2, -0.15) is 16.9 Å². The molecule has 2 heterocycles. The average Bonchev–Trinajstić information content (AvgIpc) is 3.15. The van der Waals surface area contributed by atoms with E-state index in [1.165, 1.54) is 5.56 Å². The summed E-state index contributed by atoms with van der Waals surface area (Å²) in [5.74, 6) is 2.19. The zero-order valence-corrected chi connectivity index (χ0v) is 17.1. The van der Waals surface area contributed by atoms with Crippen molar-refractivity contribution in [2.75, 3.05) is 11.5 Å². The molecule has 2 aromatic carbocycles. The van der Waals surface area contributed by atoms with E-state index in [4.69, 9.17) is 5.10 Å². The molecule has 0 unspecified atom stereocenters. The Bertz CT molecular complexity index is 975. The number of nitrogens with zero attached hydrogens (tertiary/aromatic N) is 2. The number of hydrogen-bond acceptors (Lipinski definition) is 3. The highest BCUT2D eigenvalue weighted by Crippen LogP contribution is 2.28. The zero-order valence-electron chi connectivity index (χ0n) is 16.3. The molecule has 1 aliphatic rings. The van der Waals surface area contributed by atoms with Crippen molar-refractivity contribution in [3.8, 4) is 16.9 Å². The average molecular weight is 392 g/mol. The van der Waals surface area contributed by atoms with E-state index in [9.17, 15) is 4.79 Å². The molecule has 1 aliphatic heterocycles. The number of hydrogen-bond donors (Lipinski definition) is 1. The molecule has 144 valence electrons. The second-order valence-corrected chi connectivity index (χ2v) is 8.57. The number of aryl methyl sites for hydroxylation is 2. The Morgan fingerprint density at radius 3 is 2.57 bits per heavy atom. The van der Waals surface area contributed by atoms with Crippen molar-refractivity contribution in [1.29, 1.82) is 0 Å². The largest absolute Gasteiger partial charge is 0.349 e. The quantitative estimate of drug-likeness (QED) is 0.696. The molecule has 1 N–H and O–H groups in total. The van der Waals surface area contributed by atoms with Gasteiger partial charge >= 0.3 is 0 Å². The normalized spacial score (nSPS) is 14.8. The first-order valence-electron chi connectivity index (χ1n) is 9.73. The van der Waals surface area contributed by atoms with Crippen LogP contribution in [0.4, 0.5) is 0 Å². The summed E-state index contributed by atoms with van der Waals surface area (Å²) < 4.78 is 1.81. The van der Waals surface area contributed by atoms with Gasteiger partial charge in [-0.15, -0.1) is 0 Å². The molecule has 1 saturated heterocycles. The number of carbonyl (C=O) groups excluding carboxylic acids is 1. The van der Waals surface area contributed by atoms with Gasteiger partial charge in [0.05, 0.1) is 11.3 Å². The smallest absolute Gasteiger partial charge is 0.255 e. The SMILES string of the molecule is Cc1ccc(-c2nn(-c3ccccc3)cc2C(=O)NC2CCSCC2)c(C)c1. The highest BCUT2D eigenvalue weighted by Gasteiger charge is 2.23. The predicted molar refractivity (Wildman–Crippen MR) is 116 cm³/mol. The number of benzene rings is 2. The number of carbonyl (C=O) groups is 1. The van der Waals surface area contributed by atoms with Crippen molar-refractivity contribution >= 4 is 17.7 Å². The Balaban J connectivity index is 1.74. The van der Waals surface area contributed by atoms with Crippen LogP contribution in [0.5, 0.6) is 0 Å². The first kappa shape index (κ1) is 18.8. The number of nitrogens with one attached hydrogen (secondary N) is 1. The molecule has 1 fully saturated rings. The molecule has 0 saturated carbocycles. The Hall–Kier alpha value is -2.53. The number of thioether (sulfide) groups is 1. The van der Waals surface area contributed by atoms with Crippen molar-refractivity contribution < 1.29 is 4.79 Å². The minimum Gasteiger partial charge on any atom is -0.349 e. The van der Waals surface area contributed by atoms with Gasteiger partial charge in [-0.05, 0) is 55.9 Å². The van der Waals surface area contributed by atoms with Gasteiger partial charge in [-0.3, -0.25) is 4.79 Å². The zero-order chi connectivity index (χ0) is 19.5. The van der Waals surface area contributed by atoms with Crippen LogP contribution in [0.2, 0.25) is 0 Å². The number of rotatable bonds is 4. The summed E-state index contributed by atoms with van der Waals surface area (Å²) in [7, 11) is 0. The maximum absolute atomic E-state index is 13.2. The second kappa shape index (κ2) is 8.23. The Labute approximate surface area is 170 Å². The predicted octanol–water partition coefficient (Wildman–Crippen LogP) is 4.78. The summed E-state index contributed by atoms with van der Waals surface area (Å²) in [6.07, 6.45) is 3.92. The third kappa shape index (κ3) is 3.99. The summed E-state index contributed by atoms with van der Waals surface area (Å²) in [6, 6.07) is 16.5. The van der Waals surface area contributed by atoms with E-state index in [1.807, 2.05) is 48.3 Å². The van der Waals surface area contributed by atoms with E-state index in [0.717, 1.165) is 46.9 Å². The van der Waals surface area contributed by atoms with Crippen LogP contribution in [0.15, 0.2) is 54.7 Å². The molecule has 0 aliphatic carbocycles. The summed E-state index contributed by atoms with van der Waals surface area (Å²) in [4.78, 5) is 13.2. The molecular formula is C23H25N3OS. The van der Waals surface area contributed by atoms with Gasteiger partial charge in [0.1, 0.15) is 5.69 Å². The maximum Gasteiger partial charge on any atom is 0.255 e. The van der Waals surface area contributed by atoms with E-state index in [-0.39, 0.29) is 11.9 Å². The van der Waals surface area contributed by atoms with Crippen LogP contribution in [-0.2, 0) is 0 Å². The third-order valence-electron chi connectivity index (χ3n) is 5.17. The Morgan fingerprint density at radius 2 is 1.86 bits per heavy atom. The molecule has 0 spiro atoms. The third-order valence-corrected chi connectivity index (χ3v) is 6.22. The van der Waals surface area contributed by atoms with Crippen molar-refractivity contribution in [3.05, 3.63) is 71.4 Å². The highest BCUT2D eigenvalue weighted by atomic mass is 32.2. The Kier molecular flexibility index (Phi) is 5.53. The van der Waals surface area contributed by atoms with Gasteiger partial charge in [0.25, 0.3) is 5.91 Å². The summed E-state index contributed by atoms with van der Waals surface area (Å²) >= 11 is 1.96. The van der Waals surface area contributed by atoms with Crippen LogP contribution in [0.3, 0.4) is 0 Å². The van der Waals surface area contributed by atoms with Gasteiger partial charge in [-0.25, -0.2) is 4.68 Å². The molecule has 3 aromatic rings. The summed E-state index contributed by atoms with van der Waals surface area (Å²) in [6.45, 7) is 4.15. The van der Waals surface area contributed by atoms with E-state index in [1.54, 1.807) is 4.68 Å². The number of para-hydroxylation sites is 1. The van der Waals surface area contributed by atoms with Gasteiger partial charge in [0.2, 0.25) is 0 Å². The summed E-state index contributed by atoms with van der Waals surface area (Å²) in [5, 5.41) is 8.04. The fourth-order valence-electron chi connectivity index (χ4n) is 3.64. The molecule has 1 amide bonds. The van der Waals surface area contributed by atoms with E-state index < -0.39 is 0 Å². The highest BCUT2D eigenvalue weighted by molar-refractivity contribution is 7.99. The van der Waals surface area contributed by atoms with E-state index >= 15 is 0 Å². The monoisotopic (exact) mass is 391 g/mol.